The number of Topliss-reactive ketones (excluding diaryl/α,β-unsaturated/α-hetero) is 1. The summed E-state index contributed by atoms with van der Waals surface area (Å²) in [7, 11) is 0. The lowest BCUT2D eigenvalue weighted by molar-refractivity contribution is -0.125. The molecule has 0 aromatic rings. The number of carbonyl (C=O) groups is 1. The smallest absolute Gasteiger partial charge is 0.158 e. The van der Waals surface area contributed by atoms with E-state index < -0.39 is 0 Å². The van der Waals surface area contributed by atoms with Crippen LogP contribution >= 0.6 is 0 Å². The Hall–Kier alpha value is -0.410. The molecule has 0 fully saturated rings. The van der Waals surface area contributed by atoms with E-state index in [9.17, 15) is 4.79 Å². The second-order valence-electron chi connectivity index (χ2n) is 3.61. The van der Waals surface area contributed by atoms with E-state index >= 15 is 0 Å². The maximum Gasteiger partial charge on any atom is 0.158 e. The van der Waals surface area contributed by atoms with Crippen LogP contribution in [0, 0.1) is 5.92 Å². The molecule has 0 aromatic heterocycles. The highest BCUT2D eigenvalue weighted by Gasteiger charge is 2.10. The summed E-state index contributed by atoms with van der Waals surface area (Å²) in [6, 6.07) is 0. The fraction of sp³-hybridized carbons (Fsp3) is 0.900. The summed E-state index contributed by atoms with van der Waals surface area (Å²) in [5.74, 6) is 0.481. The van der Waals surface area contributed by atoms with Crippen LogP contribution in [-0.2, 0) is 9.53 Å². The van der Waals surface area contributed by atoms with E-state index in [2.05, 4.69) is 0 Å². The van der Waals surface area contributed by atoms with E-state index in [0.29, 0.717) is 18.9 Å². The Morgan fingerprint density at radius 1 is 1.46 bits per heavy atom. The number of hydrogen-bond donors (Lipinski definition) is 1. The molecule has 0 saturated carbocycles. The minimum Gasteiger partial charge on any atom is -0.371 e. The second-order valence-corrected chi connectivity index (χ2v) is 3.61. The number of ketones is 1. The van der Waals surface area contributed by atoms with E-state index in [4.69, 9.17) is 10.5 Å². The fourth-order valence-corrected chi connectivity index (χ4v) is 1.03. The topological polar surface area (TPSA) is 52.3 Å². The van der Waals surface area contributed by atoms with Gasteiger partial charge in [-0.2, -0.15) is 0 Å². The Labute approximate surface area is 80.6 Å². The largest absolute Gasteiger partial charge is 0.371 e. The Morgan fingerprint density at radius 2 is 2.08 bits per heavy atom. The molecule has 0 radical (unpaired) electrons. The number of rotatable bonds is 7. The van der Waals surface area contributed by atoms with Gasteiger partial charge in [0.15, 0.2) is 5.78 Å². The van der Waals surface area contributed by atoms with E-state index in [1.807, 2.05) is 20.8 Å². The molecule has 13 heavy (non-hydrogen) atoms. The van der Waals surface area contributed by atoms with Crippen LogP contribution in [0.5, 0.6) is 0 Å². The van der Waals surface area contributed by atoms with Crippen LogP contribution in [0.1, 0.15) is 33.6 Å². The molecule has 0 rings (SSSR count). The molecule has 0 amide bonds. The quantitative estimate of drug-likeness (QED) is 0.654. The Balaban J connectivity index is 3.60. The maximum absolute atomic E-state index is 11.3. The Morgan fingerprint density at radius 3 is 2.46 bits per heavy atom. The number of ether oxygens (including phenoxy) is 1. The summed E-state index contributed by atoms with van der Waals surface area (Å²) in [5, 5.41) is 0. The third-order valence-corrected chi connectivity index (χ3v) is 2.00. The van der Waals surface area contributed by atoms with Crippen molar-refractivity contribution in [2.45, 2.75) is 39.7 Å². The Kier molecular flexibility index (Phi) is 6.82. The van der Waals surface area contributed by atoms with Gasteiger partial charge in [-0.3, -0.25) is 4.79 Å². The van der Waals surface area contributed by atoms with Crippen molar-refractivity contribution >= 4 is 5.78 Å². The van der Waals surface area contributed by atoms with Gasteiger partial charge in [0.05, 0.1) is 6.10 Å². The maximum atomic E-state index is 11.3. The van der Waals surface area contributed by atoms with Crippen LogP contribution in [0.3, 0.4) is 0 Å². The van der Waals surface area contributed by atoms with Crippen LogP contribution in [0.2, 0.25) is 0 Å². The normalized spacial score (nSPS) is 13.3. The summed E-state index contributed by atoms with van der Waals surface area (Å²) in [4.78, 5) is 11.3. The van der Waals surface area contributed by atoms with Crippen molar-refractivity contribution in [1.29, 1.82) is 0 Å². The van der Waals surface area contributed by atoms with Gasteiger partial charge in [-0.25, -0.2) is 0 Å². The summed E-state index contributed by atoms with van der Waals surface area (Å²) in [5.41, 5.74) is 5.49. The zero-order chi connectivity index (χ0) is 10.3. The first kappa shape index (κ1) is 12.6. The molecular formula is C10H21NO2. The van der Waals surface area contributed by atoms with Crippen molar-refractivity contribution in [1.82, 2.24) is 0 Å². The van der Waals surface area contributed by atoms with Crippen molar-refractivity contribution in [3.8, 4) is 0 Å². The lowest BCUT2D eigenvalue weighted by atomic mass is 10.0. The average Bonchev–Trinajstić information content (AvgIpc) is 2.10. The summed E-state index contributed by atoms with van der Waals surface area (Å²) < 4.78 is 5.20. The van der Waals surface area contributed by atoms with Crippen LogP contribution in [-0.4, -0.2) is 25.0 Å². The predicted octanol–water partition coefficient (Wildman–Crippen LogP) is 1.36. The van der Waals surface area contributed by atoms with Crippen molar-refractivity contribution < 1.29 is 9.53 Å². The van der Waals surface area contributed by atoms with Gasteiger partial charge >= 0.3 is 0 Å². The standard InChI is InChI=1S/C10H21NO2/c1-4-9(6-11)5-10(12)7-13-8(2)3/h8-9H,4-7,11H2,1-3H3. The highest BCUT2D eigenvalue weighted by atomic mass is 16.5. The van der Waals surface area contributed by atoms with Crippen LogP contribution in [0.4, 0.5) is 0 Å². The number of nitrogens with two attached hydrogens (primary N) is 1. The van der Waals surface area contributed by atoms with Crippen LogP contribution in [0.15, 0.2) is 0 Å². The third-order valence-electron chi connectivity index (χ3n) is 2.00. The molecule has 0 saturated heterocycles. The van der Waals surface area contributed by atoms with Gasteiger partial charge in [0, 0.05) is 6.42 Å². The summed E-state index contributed by atoms with van der Waals surface area (Å²) >= 11 is 0. The SMILES string of the molecule is CCC(CN)CC(=O)COC(C)C. The lowest BCUT2D eigenvalue weighted by Gasteiger charge is -2.11. The second kappa shape index (κ2) is 7.04. The molecule has 0 aliphatic heterocycles. The van der Waals surface area contributed by atoms with Gasteiger partial charge in [0.25, 0.3) is 0 Å². The van der Waals surface area contributed by atoms with E-state index in [0.717, 1.165) is 6.42 Å². The Bertz CT molecular complexity index is 142. The highest BCUT2D eigenvalue weighted by Crippen LogP contribution is 2.06. The van der Waals surface area contributed by atoms with E-state index in [-0.39, 0.29) is 18.5 Å². The van der Waals surface area contributed by atoms with Crippen molar-refractivity contribution in [2.24, 2.45) is 11.7 Å². The highest BCUT2D eigenvalue weighted by molar-refractivity contribution is 5.79. The molecule has 0 aliphatic rings. The first-order chi connectivity index (χ1) is 6.10. The molecule has 2 N–H and O–H groups in total. The number of hydrogen-bond acceptors (Lipinski definition) is 3. The van der Waals surface area contributed by atoms with Crippen LogP contribution < -0.4 is 5.73 Å². The fourth-order valence-electron chi connectivity index (χ4n) is 1.03. The first-order valence-electron chi connectivity index (χ1n) is 4.93. The molecule has 78 valence electrons. The van der Waals surface area contributed by atoms with Crippen molar-refractivity contribution in [3.05, 3.63) is 0 Å². The minimum absolute atomic E-state index is 0.127. The van der Waals surface area contributed by atoms with Gasteiger partial charge in [0.2, 0.25) is 0 Å². The van der Waals surface area contributed by atoms with Crippen molar-refractivity contribution in [2.75, 3.05) is 13.2 Å². The first-order valence-corrected chi connectivity index (χ1v) is 4.93. The molecule has 0 bridgehead atoms. The summed E-state index contributed by atoms with van der Waals surface area (Å²) in [6.07, 6.45) is 1.64. The number of carbonyl (C=O) groups excluding carboxylic acids is 1. The van der Waals surface area contributed by atoms with E-state index in [1.54, 1.807) is 0 Å². The van der Waals surface area contributed by atoms with Gasteiger partial charge in [-0.15, -0.1) is 0 Å². The molecule has 0 aliphatic carbocycles. The lowest BCUT2D eigenvalue weighted by Crippen LogP contribution is -2.21. The van der Waals surface area contributed by atoms with Gasteiger partial charge in [-0.1, -0.05) is 13.3 Å². The molecule has 0 spiro atoms. The zero-order valence-corrected chi connectivity index (χ0v) is 8.88. The van der Waals surface area contributed by atoms with Gasteiger partial charge < -0.3 is 10.5 Å². The van der Waals surface area contributed by atoms with Gasteiger partial charge in [0.1, 0.15) is 6.61 Å². The van der Waals surface area contributed by atoms with Crippen molar-refractivity contribution in [3.63, 3.8) is 0 Å². The minimum atomic E-state index is 0.127. The zero-order valence-electron chi connectivity index (χ0n) is 8.88. The molecule has 3 nitrogen and oxygen atoms in total. The van der Waals surface area contributed by atoms with Crippen LogP contribution in [0.25, 0.3) is 0 Å². The molecule has 0 aromatic carbocycles. The predicted molar refractivity (Wildman–Crippen MR) is 53.5 cm³/mol. The summed E-state index contributed by atoms with van der Waals surface area (Å²) in [6.45, 7) is 6.72. The monoisotopic (exact) mass is 187 g/mol. The molecule has 0 heterocycles. The average molecular weight is 187 g/mol. The third kappa shape index (κ3) is 6.72. The molecular weight excluding hydrogens is 166 g/mol. The molecule has 1 atom stereocenters. The molecule has 1 unspecified atom stereocenters. The van der Waals surface area contributed by atoms with Gasteiger partial charge in [-0.05, 0) is 26.3 Å². The molecule has 3 heteroatoms. The van der Waals surface area contributed by atoms with E-state index in [1.165, 1.54) is 0 Å².